The standard InChI is InChI=1S/C25H22N2O3/c1-3-30-21-13-8-18(9-14-21)10-17-24-26-23-7-5-4-6-22(23)25(28)27(24)19-11-15-20(29-2)16-12-19/h4-17H,3H2,1-2H3. The second kappa shape index (κ2) is 8.66. The SMILES string of the molecule is CCOc1ccc(C=Cc2nc3ccccc3c(=O)n2-c2ccc(OC)cc2)cc1. The molecule has 0 spiro atoms. The fourth-order valence-corrected chi connectivity index (χ4v) is 3.26. The maximum absolute atomic E-state index is 13.3. The van der Waals surface area contributed by atoms with Crippen LogP contribution in [0.4, 0.5) is 0 Å². The summed E-state index contributed by atoms with van der Waals surface area (Å²) in [5, 5.41) is 0.575. The molecule has 3 aromatic carbocycles. The summed E-state index contributed by atoms with van der Waals surface area (Å²) in [5.74, 6) is 2.11. The monoisotopic (exact) mass is 398 g/mol. The fraction of sp³-hybridized carbons (Fsp3) is 0.120. The van der Waals surface area contributed by atoms with Crippen LogP contribution < -0.4 is 15.0 Å². The van der Waals surface area contributed by atoms with Gasteiger partial charge in [-0.2, -0.15) is 0 Å². The Kier molecular flexibility index (Phi) is 5.61. The van der Waals surface area contributed by atoms with E-state index in [9.17, 15) is 4.79 Å². The molecule has 0 N–H and O–H groups in total. The number of fused-ring (bicyclic) bond motifs is 1. The summed E-state index contributed by atoms with van der Waals surface area (Å²) in [6.07, 6.45) is 3.79. The molecular formula is C25H22N2O3. The molecule has 0 aliphatic carbocycles. The van der Waals surface area contributed by atoms with Gasteiger partial charge in [0.25, 0.3) is 5.56 Å². The summed E-state index contributed by atoms with van der Waals surface area (Å²) in [5.41, 5.74) is 2.27. The van der Waals surface area contributed by atoms with E-state index in [2.05, 4.69) is 0 Å². The Labute approximate surface area is 174 Å². The largest absolute Gasteiger partial charge is 0.497 e. The van der Waals surface area contributed by atoms with Gasteiger partial charge >= 0.3 is 0 Å². The molecule has 5 nitrogen and oxygen atoms in total. The maximum Gasteiger partial charge on any atom is 0.266 e. The average molecular weight is 398 g/mol. The van der Waals surface area contributed by atoms with Gasteiger partial charge in [-0.1, -0.05) is 30.3 Å². The molecule has 0 amide bonds. The third kappa shape index (κ3) is 3.96. The predicted molar refractivity (Wildman–Crippen MR) is 120 cm³/mol. The van der Waals surface area contributed by atoms with E-state index >= 15 is 0 Å². The van der Waals surface area contributed by atoms with Crippen molar-refractivity contribution in [3.05, 3.63) is 94.5 Å². The smallest absolute Gasteiger partial charge is 0.266 e. The molecule has 0 saturated carbocycles. The molecular weight excluding hydrogens is 376 g/mol. The molecule has 5 heteroatoms. The highest BCUT2D eigenvalue weighted by Gasteiger charge is 2.11. The molecule has 0 fully saturated rings. The summed E-state index contributed by atoms with van der Waals surface area (Å²) in [4.78, 5) is 18.0. The van der Waals surface area contributed by atoms with Gasteiger partial charge in [0, 0.05) is 0 Å². The van der Waals surface area contributed by atoms with Gasteiger partial charge in [0.15, 0.2) is 0 Å². The Morgan fingerprint density at radius 1 is 0.900 bits per heavy atom. The van der Waals surface area contributed by atoms with Crippen LogP contribution >= 0.6 is 0 Å². The highest BCUT2D eigenvalue weighted by atomic mass is 16.5. The van der Waals surface area contributed by atoms with Crippen molar-refractivity contribution in [2.45, 2.75) is 6.92 Å². The molecule has 1 heterocycles. The van der Waals surface area contributed by atoms with Crippen LogP contribution in [-0.4, -0.2) is 23.3 Å². The van der Waals surface area contributed by atoms with Gasteiger partial charge in [0.2, 0.25) is 0 Å². The van der Waals surface area contributed by atoms with Crippen molar-refractivity contribution < 1.29 is 9.47 Å². The van der Waals surface area contributed by atoms with Crippen LogP contribution in [0.2, 0.25) is 0 Å². The molecule has 30 heavy (non-hydrogen) atoms. The fourth-order valence-electron chi connectivity index (χ4n) is 3.26. The number of rotatable bonds is 6. The lowest BCUT2D eigenvalue weighted by Gasteiger charge is -2.12. The molecule has 150 valence electrons. The van der Waals surface area contributed by atoms with Gasteiger partial charge in [-0.15, -0.1) is 0 Å². The first-order chi connectivity index (χ1) is 14.7. The van der Waals surface area contributed by atoms with Gasteiger partial charge in [0.1, 0.15) is 17.3 Å². The lowest BCUT2D eigenvalue weighted by Crippen LogP contribution is -2.22. The molecule has 0 unspecified atom stereocenters. The molecule has 0 aliphatic heterocycles. The first-order valence-electron chi connectivity index (χ1n) is 9.77. The van der Waals surface area contributed by atoms with Crippen molar-refractivity contribution >= 4 is 23.1 Å². The van der Waals surface area contributed by atoms with Crippen molar-refractivity contribution in [3.63, 3.8) is 0 Å². The number of hydrogen-bond donors (Lipinski definition) is 0. The molecule has 4 rings (SSSR count). The quantitative estimate of drug-likeness (QED) is 0.460. The molecule has 1 aromatic heterocycles. The van der Waals surface area contributed by atoms with Gasteiger partial charge in [0.05, 0.1) is 30.3 Å². The van der Waals surface area contributed by atoms with E-state index in [0.29, 0.717) is 23.3 Å². The average Bonchev–Trinajstić information content (AvgIpc) is 2.79. The normalized spacial score (nSPS) is 11.1. The molecule has 4 aromatic rings. The van der Waals surface area contributed by atoms with E-state index in [4.69, 9.17) is 14.5 Å². The first-order valence-corrected chi connectivity index (χ1v) is 9.77. The zero-order chi connectivity index (χ0) is 20.9. The van der Waals surface area contributed by atoms with Crippen molar-refractivity contribution in [1.82, 2.24) is 9.55 Å². The number of para-hydroxylation sites is 1. The number of hydrogen-bond acceptors (Lipinski definition) is 4. The molecule has 0 radical (unpaired) electrons. The van der Waals surface area contributed by atoms with Crippen molar-refractivity contribution in [3.8, 4) is 17.2 Å². The van der Waals surface area contributed by atoms with E-state index in [-0.39, 0.29) is 5.56 Å². The molecule has 0 atom stereocenters. The number of benzene rings is 3. The Morgan fingerprint density at radius 3 is 2.30 bits per heavy atom. The van der Waals surface area contributed by atoms with Crippen LogP contribution in [-0.2, 0) is 0 Å². The zero-order valence-corrected chi connectivity index (χ0v) is 16.9. The topological polar surface area (TPSA) is 53.3 Å². The minimum absolute atomic E-state index is 0.114. The lowest BCUT2D eigenvalue weighted by atomic mass is 10.2. The van der Waals surface area contributed by atoms with E-state index in [0.717, 1.165) is 22.7 Å². The minimum atomic E-state index is -0.114. The number of methoxy groups -OCH3 is 1. The van der Waals surface area contributed by atoms with Gasteiger partial charge in [-0.3, -0.25) is 9.36 Å². The van der Waals surface area contributed by atoms with Crippen LogP contribution in [0.25, 0.3) is 28.7 Å². The Morgan fingerprint density at radius 2 is 1.60 bits per heavy atom. The zero-order valence-electron chi connectivity index (χ0n) is 16.9. The molecule has 0 saturated heterocycles. The second-order valence-electron chi connectivity index (χ2n) is 6.66. The summed E-state index contributed by atoms with van der Waals surface area (Å²) in [6, 6.07) is 22.5. The van der Waals surface area contributed by atoms with Gasteiger partial charge < -0.3 is 9.47 Å². The minimum Gasteiger partial charge on any atom is -0.497 e. The Bertz CT molecular complexity index is 1240. The maximum atomic E-state index is 13.3. The van der Waals surface area contributed by atoms with Crippen molar-refractivity contribution in [2.24, 2.45) is 0 Å². The Hall–Kier alpha value is -3.86. The van der Waals surface area contributed by atoms with E-state index in [1.165, 1.54) is 0 Å². The number of ether oxygens (including phenoxy) is 2. The number of aromatic nitrogens is 2. The summed E-state index contributed by atoms with van der Waals surface area (Å²) < 4.78 is 12.3. The third-order valence-corrected chi connectivity index (χ3v) is 4.75. The van der Waals surface area contributed by atoms with Crippen LogP contribution in [0.3, 0.4) is 0 Å². The Balaban J connectivity index is 1.81. The first kappa shape index (κ1) is 19.5. The highest BCUT2D eigenvalue weighted by molar-refractivity contribution is 5.80. The second-order valence-corrected chi connectivity index (χ2v) is 6.66. The van der Waals surface area contributed by atoms with Crippen molar-refractivity contribution in [1.29, 1.82) is 0 Å². The summed E-state index contributed by atoms with van der Waals surface area (Å²) >= 11 is 0. The highest BCUT2D eigenvalue weighted by Crippen LogP contribution is 2.19. The van der Waals surface area contributed by atoms with Gasteiger partial charge in [-0.05, 0) is 67.1 Å². The van der Waals surface area contributed by atoms with Crippen molar-refractivity contribution in [2.75, 3.05) is 13.7 Å². The van der Waals surface area contributed by atoms with E-state index in [1.807, 2.05) is 85.8 Å². The van der Waals surface area contributed by atoms with E-state index in [1.54, 1.807) is 17.7 Å². The van der Waals surface area contributed by atoms with Crippen LogP contribution in [0.5, 0.6) is 11.5 Å². The molecule has 0 bridgehead atoms. The summed E-state index contributed by atoms with van der Waals surface area (Å²) in [7, 11) is 1.61. The van der Waals surface area contributed by atoms with Crippen LogP contribution in [0.1, 0.15) is 18.3 Å². The van der Waals surface area contributed by atoms with E-state index < -0.39 is 0 Å². The third-order valence-electron chi connectivity index (χ3n) is 4.75. The van der Waals surface area contributed by atoms with Crippen LogP contribution in [0.15, 0.2) is 77.6 Å². The number of nitrogens with zero attached hydrogens (tertiary/aromatic N) is 2. The summed E-state index contributed by atoms with van der Waals surface area (Å²) in [6.45, 7) is 2.59. The van der Waals surface area contributed by atoms with Crippen LogP contribution in [0, 0.1) is 0 Å². The van der Waals surface area contributed by atoms with Gasteiger partial charge in [-0.25, -0.2) is 4.98 Å². The lowest BCUT2D eigenvalue weighted by molar-refractivity contribution is 0.340. The predicted octanol–water partition coefficient (Wildman–Crippen LogP) is 4.96. The molecule has 0 aliphatic rings.